The first-order valence-electron chi connectivity index (χ1n) is 5.64. The van der Waals surface area contributed by atoms with Crippen molar-refractivity contribution in [1.29, 1.82) is 0 Å². The maximum atomic E-state index is 11.6. The Labute approximate surface area is 115 Å². The van der Waals surface area contributed by atoms with Crippen molar-refractivity contribution in [3.63, 3.8) is 0 Å². The fraction of sp³-hybridized carbons (Fsp3) is 0.385. The monoisotopic (exact) mass is 281 g/mol. The van der Waals surface area contributed by atoms with Crippen molar-refractivity contribution in [2.45, 2.75) is 30.7 Å². The second-order valence-electron chi connectivity index (χ2n) is 4.82. The van der Waals surface area contributed by atoms with Gasteiger partial charge in [0.05, 0.1) is 16.0 Å². The SMILES string of the molecule is CC(C)(C)OC(=O)CSc1nc2ccccc2s1. The number of carbonyl (C=O) groups excluding carboxylic acids is 1. The first-order valence-corrected chi connectivity index (χ1v) is 7.44. The standard InChI is InChI=1S/C13H15NO2S2/c1-13(2,3)16-11(15)8-17-12-14-9-6-4-5-7-10(9)18-12/h4-7H,8H2,1-3H3. The molecule has 2 rings (SSSR count). The molecule has 0 spiro atoms. The van der Waals surface area contributed by atoms with Crippen LogP contribution in [0.5, 0.6) is 0 Å². The zero-order valence-electron chi connectivity index (χ0n) is 10.6. The molecule has 1 aromatic heterocycles. The number of benzene rings is 1. The highest BCUT2D eigenvalue weighted by atomic mass is 32.2. The number of para-hydroxylation sites is 1. The Balaban J connectivity index is 1.96. The van der Waals surface area contributed by atoms with Gasteiger partial charge in [0.2, 0.25) is 0 Å². The van der Waals surface area contributed by atoms with E-state index in [1.54, 1.807) is 11.3 Å². The number of ether oxygens (including phenoxy) is 1. The van der Waals surface area contributed by atoms with E-state index in [1.165, 1.54) is 11.8 Å². The third-order valence-corrected chi connectivity index (χ3v) is 4.16. The predicted octanol–water partition coefficient (Wildman–Crippen LogP) is 3.73. The summed E-state index contributed by atoms with van der Waals surface area (Å²) in [6, 6.07) is 7.96. The van der Waals surface area contributed by atoms with E-state index >= 15 is 0 Å². The van der Waals surface area contributed by atoms with Crippen LogP contribution >= 0.6 is 23.1 Å². The van der Waals surface area contributed by atoms with Crippen LogP contribution in [0.4, 0.5) is 0 Å². The Hall–Kier alpha value is -1.07. The van der Waals surface area contributed by atoms with Crippen LogP contribution in [0.25, 0.3) is 10.2 Å². The highest BCUT2D eigenvalue weighted by Crippen LogP contribution is 2.29. The van der Waals surface area contributed by atoms with Crippen molar-refractivity contribution < 1.29 is 9.53 Å². The van der Waals surface area contributed by atoms with Crippen LogP contribution in [0.1, 0.15) is 20.8 Å². The van der Waals surface area contributed by atoms with E-state index in [-0.39, 0.29) is 5.97 Å². The molecule has 2 aromatic rings. The van der Waals surface area contributed by atoms with Crippen molar-refractivity contribution in [1.82, 2.24) is 4.98 Å². The Morgan fingerprint density at radius 1 is 1.39 bits per heavy atom. The number of thioether (sulfide) groups is 1. The van der Waals surface area contributed by atoms with Crippen LogP contribution in [0, 0.1) is 0 Å². The maximum Gasteiger partial charge on any atom is 0.316 e. The molecule has 5 heteroatoms. The second kappa shape index (κ2) is 5.28. The van der Waals surface area contributed by atoms with E-state index in [0.29, 0.717) is 5.75 Å². The van der Waals surface area contributed by atoms with E-state index in [4.69, 9.17) is 4.74 Å². The molecule has 0 atom stereocenters. The molecule has 18 heavy (non-hydrogen) atoms. The summed E-state index contributed by atoms with van der Waals surface area (Å²) in [5, 5.41) is 0. The van der Waals surface area contributed by atoms with Gasteiger partial charge in [0.1, 0.15) is 5.60 Å². The Morgan fingerprint density at radius 2 is 2.11 bits per heavy atom. The lowest BCUT2D eigenvalue weighted by Crippen LogP contribution is -2.24. The summed E-state index contributed by atoms with van der Waals surface area (Å²) in [7, 11) is 0. The molecule has 0 amide bonds. The zero-order valence-corrected chi connectivity index (χ0v) is 12.2. The molecule has 0 aliphatic heterocycles. The number of hydrogen-bond donors (Lipinski definition) is 0. The lowest BCUT2D eigenvalue weighted by atomic mass is 10.2. The number of rotatable bonds is 3. The van der Waals surface area contributed by atoms with Crippen molar-refractivity contribution in [3.05, 3.63) is 24.3 Å². The summed E-state index contributed by atoms with van der Waals surface area (Å²) < 4.78 is 7.30. The summed E-state index contributed by atoms with van der Waals surface area (Å²) in [6.45, 7) is 5.60. The van der Waals surface area contributed by atoms with Crippen molar-refractivity contribution >= 4 is 39.3 Å². The fourth-order valence-electron chi connectivity index (χ4n) is 1.40. The molecular weight excluding hydrogens is 266 g/mol. The molecule has 0 radical (unpaired) electrons. The summed E-state index contributed by atoms with van der Waals surface area (Å²) in [5.74, 6) is 0.101. The van der Waals surface area contributed by atoms with Gasteiger partial charge < -0.3 is 4.74 Å². The van der Waals surface area contributed by atoms with Gasteiger partial charge in [-0.1, -0.05) is 23.9 Å². The number of aromatic nitrogens is 1. The van der Waals surface area contributed by atoms with E-state index in [2.05, 4.69) is 4.98 Å². The van der Waals surface area contributed by atoms with Crippen molar-refractivity contribution in [3.8, 4) is 0 Å². The van der Waals surface area contributed by atoms with E-state index in [1.807, 2.05) is 45.0 Å². The van der Waals surface area contributed by atoms with E-state index in [9.17, 15) is 4.79 Å². The molecule has 0 fully saturated rings. The Bertz CT molecular complexity index is 524. The first kappa shape index (κ1) is 13.4. The van der Waals surface area contributed by atoms with Crippen molar-refractivity contribution in [2.24, 2.45) is 0 Å². The normalized spacial score (nSPS) is 11.7. The number of fused-ring (bicyclic) bond motifs is 1. The predicted molar refractivity (Wildman–Crippen MR) is 76.2 cm³/mol. The highest BCUT2D eigenvalue weighted by Gasteiger charge is 2.16. The van der Waals surface area contributed by atoms with Crippen molar-refractivity contribution in [2.75, 3.05) is 5.75 Å². The topological polar surface area (TPSA) is 39.2 Å². The lowest BCUT2D eigenvalue weighted by Gasteiger charge is -2.18. The van der Waals surface area contributed by atoms with Gasteiger partial charge >= 0.3 is 5.97 Å². The second-order valence-corrected chi connectivity index (χ2v) is 7.08. The molecule has 96 valence electrons. The van der Waals surface area contributed by atoms with Gasteiger partial charge in [-0.25, -0.2) is 4.98 Å². The summed E-state index contributed by atoms with van der Waals surface area (Å²) in [5.41, 5.74) is 0.555. The Kier molecular flexibility index (Phi) is 3.92. The molecule has 1 heterocycles. The first-order chi connectivity index (χ1) is 8.44. The average Bonchev–Trinajstić information content (AvgIpc) is 2.66. The summed E-state index contributed by atoms with van der Waals surface area (Å²) in [6.07, 6.45) is 0. The van der Waals surface area contributed by atoms with Crippen LogP contribution in [-0.4, -0.2) is 22.3 Å². The third-order valence-electron chi connectivity index (χ3n) is 2.01. The number of thiazole rings is 1. The summed E-state index contributed by atoms with van der Waals surface area (Å²) >= 11 is 3.03. The average molecular weight is 281 g/mol. The van der Waals surface area contributed by atoms with Gasteiger partial charge in [-0.05, 0) is 32.9 Å². The minimum atomic E-state index is -0.425. The van der Waals surface area contributed by atoms with Crippen LogP contribution in [0.3, 0.4) is 0 Å². The fourth-order valence-corrected chi connectivity index (χ4v) is 3.25. The largest absolute Gasteiger partial charge is 0.459 e. The molecule has 0 bridgehead atoms. The molecule has 1 aromatic carbocycles. The molecular formula is C13H15NO2S2. The number of carbonyl (C=O) groups is 1. The van der Waals surface area contributed by atoms with E-state index in [0.717, 1.165) is 14.6 Å². The highest BCUT2D eigenvalue weighted by molar-refractivity contribution is 8.01. The molecule has 0 aliphatic carbocycles. The van der Waals surface area contributed by atoms with Gasteiger partial charge in [0.25, 0.3) is 0 Å². The minimum Gasteiger partial charge on any atom is -0.459 e. The van der Waals surface area contributed by atoms with Gasteiger partial charge in [0, 0.05) is 0 Å². The number of hydrogen-bond acceptors (Lipinski definition) is 5. The molecule has 0 saturated heterocycles. The minimum absolute atomic E-state index is 0.202. The quantitative estimate of drug-likeness (QED) is 0.635. The van der Waals surface area contributed by atoms with Crippen LogP contribution < -0.4 is 0 Å². The molecule has 0 saturated carbocycles. The smallest absolute Gasteiger partial charge is 0.316 e. The van der Waals surface area contributed by atoms with E-state index < -0.39 is 5.60 Å². The van der Waals surface area contributed by atoms with Gasteiger partial charge in [-0.15, -0.1) is 11.3 Å². The summed E-state index contributed by atoms with van der Waals surface area (Å²) in [4.78, 5) is 16.0. The molecule has 0 unspecified atom stereocenters. The van der Waals surface area contributed by atoms with Crippen LogP contribution in [0.2, 0.25) is 0 Å². The maximum absolute atomic E-state index is 11.6. The zero-order chi connectivity index (χ0) is 13.2. The molecule has 3 nitrogen and oxygen atoms in total. The third kappa shape index (κ3) is 3.71. The molecule has 0 N–H and O–H groups in total. The number of nitrogens with zero attached hydrogens (tertiary/aromatic N) is 1. The van der Waals surface area contributed by atoms with Gasteiger partial charge in [0.15, 0.2) is 4.34 Å². The van der Waals surface area contributed by atoms with Gasteiger partial charge in [-0.2, -0.15) is 0 Å². The lowest BCUT2D eigenvalue weighted by molar-refractivity contribution is -0.151. The number of esters is 1. The van der Waals surface area contributed by atoms with Crippen LogP contribution in [-0.2, 0) is 9.53 Å². The van der Waals surface area contributed by atoms with Crippen LogP contribution in [0.15, 0.2) is 28.6 Å². The molecule has 0 aliphatic rings. The Morgan fingerprint density at radius 3 is 2.78 bits per heavy atom. The van der Waals surface area contributed by atoms with Gasteiger partial charge in [-0.3, -0.25) is 4.79 Å².